The average Bonchev–Trinajstić information content (AvgIpc) is 2.70. The van der Waals surface area contributed by atoms with E-state index >= 15 is 0 Å². The molecule has 0 saturated carbocycles. The highest BCUT2D eigenvalue weighted by Gasteiger charge is 2.45. The molecule has 2 aliphatic rings. The SMILES string of the molecule is c1cnc2c(c1)nc1n2CC2(COC2)C1. The van der Waals surface area contributed by atoms with E-state index in [1.165, 1.54) is 5.82 Å². The maximum absolute atomic E-state index is 5.31. The van der Waals surface area contributed by atoms with E-state index in [1.807, 2.05) is 18.3 Å². The van der Waals surface area contributed by atoms with Gasteiger partial charge < -0.3 is 9.30 Å². The van der Waals surface area contributed by atoms with E-state index in [0.29, 0.717) is 5.41 Å². The lowest BCUT2D eigenvalue weighted by atomic mass is 9.85. The van der Waals surface area contributed by atoms with E-state index in [-0.39, 0.29) is 0 Å². The number of ether oxygens (including phenoxy) is 1. The van der Waals surface area contributed by atoms with Crippen LogP contribution in [0.2, 0.25) is 0 Å². The first kappa shape index (κ1) is 7.82. The molecule has 4 rings (SSSR count). The second kappa shape index (κ2) is 2.39. The Balaban J connectivity index is 1.90. The van der Waals surface area contributed by atoms with Gasteiger partial charge in [0.1, 0.15) is 11.3 Å². The topological polar surface area (TPSA) is 39.9 Å². The fourth-order valence-electron chi connectivity index (χ4n) is 2.62. The van der Waals surface area contributed by atoms with Crippen molar-refractivity contribution in [2.24, 2.45) is 5.41 Å². The normalized spacial score (nSPS) is 21.9. The Morgan fingerprint density at radius 3 is 3.13 bits per heavy atom. The van der Waals surface area contributed by atoms with Gasteiger partial charge in [-0.3, -0.25) is 0 Å². The van der Waals surface area contributed by atoms with Crippen molar-refractivity contribution in [1.82, 2.24) is 14.5 Å². The summed E-state index contributed by atoms with van der Waals surface area (Å²) in [6, 6.07) is 3.96. The van der Waals surface area contributed by atoms with Crippen LogP contribution in [0.1, 0.15) is 5.82 Å². The fraction of sp³-hybridized carbons (Fsp3) is 0.455. The van der Waals surface area contributed by atoms with Crippen molar-refractivity contribution >= 4 is 11.2 Å². The molecule has 0 N–H and O–H groups in total. The van der Waals surface area contributed by atoms with Crippen LogP contribution < -0.4 is 0 Å². The van der Waals surface area contributed by atoms with Gasteiger partial charge in [0, 0.05) is 24.6 Å². The second-order valence-corrected chi connectivity index (χ2v) is 4.63. The first-order valence-electron chi connectivity index (χ1n) is 5.24. The minimum absolute atomic E-state index is 0.341. The summed E-state index contributed by atoms with van der Waals surface area (Å²) in [5.74, 6) is 1.17. The van der Waals surface area contributed by atoms with Crippen molar-refractivity contribution in [1.29, 1.82) is 0 Å². The van der Waals surface area contributed by atoms with Gasteiger partial charge in [-0.25, -0.2) is 9.97 Å². The molecule has 0 bridgehead atoms. The molecule has 0 aromatic carbocycles. The van der Waals surface area contributed by atoms with Gasteiger partial charge >= 0.3 is 0 Å². The van der Waals surface area contributed by atoms with Crippen molar-refractivity contribution in [3.63, 3.8) is 0 Å². The Morgan fingerprint density at radius 2 is 2.33 bits per heavy atom. The molecule has 4 nitrogen and oxygen atoms in total. The zero-order chi connectivity index (χ0) is 9.88. The highest BCUT2D eigenvalue weighted by Crippen LogP contribution is 2.39. The summed E-state index contributed by atoms with van der Waals surface area (Å²) in [7, 11) is 0. The van der Waals surface area contributed by atoms with Gasteiger partial charge in [0.25, 0.3) is 0 Å². The van der Waals surface area contributed by atoms with Gasteiger partial charge in [-0.15, -0.1) is 0 Å². The van der Waals surface area contributed by atoms with Gasteiger partial charge in [0.05, 0.1) is 13.2 Å². The third kappa shape index (κ3) is 0.899. The van der Waals surface area contributed by atoms with Gasteiger partial charge in [-0.2, -0.15) is 0 Å². The van der Waals surface area contributed by atoms with Crippen molar-refractivity contribution in [2.45, 2.75) is 13.0 Å². The van der Waals surface area contributed by atoms with Crippen LogP contribution in [0.5, 0.6) is 0 Å². The number of fused-ring (bicyclic) bond motifs is 3. The fourth-order valence-corrected chi connectivity index (χ4v) is 2.62. The monoisotopic (exact) mass is 201 g/mol. The predicted molar refractivity (Wildman–Crippen MR) is 54.5 cm³/mol. The summed E-state index contributed by atoms with van der Waals surface area (Å²) < 4.78 is 7.56. The molecular formula is C11H11N3O. The van der Waals surface area contributed by atoms with Crippen LogP contribution in [0.3, 0.4) is 0 Å². The molecule has 0 unspecified atom stereocenters. The maximum atomic E-state index is 5.31. The molecular weight excluding hydrogens is 190 g/mol. The number of hydrogen-bond donors (Lipinski definition) is 0. The maximum Gasteiger partial charge on any atom is 0.160 e. The van der Waals surface area contributed by atoms with E-state index in [2.05, 4.69) is 14.5 Å². The number of aromatic nitrogens is 3. The minimum atomic E-state index is 0.341. The summed E-state index contributed by atoms with van der Waals surface area (Å²) in [6.07, 6.45) is 2.88. The second-order valence-electron chi connectivity index (χ2n) is 4.63. The highest BCUT2D eigenvalue weighted by molar-refractivity contribution is 5.71. The van der Waals surface area contributed by atoms with Crippen molar-refractivity contribution in [3.05, 3.63) is 24.2 Å². The lowest BCUT2D eigenvalue weighted by Gasteiger charge is -2.37. The van der Waals surface area contributed by atoms with Gasteiger partial charge in [0.15, 0.2) is 5.65 Å². The molecule has 4 heterocycles. The molecule has 2 aromatic heterocycles. The zero-order valence-electron chi connectivity index (χ0n) is 8.31. The molecule has 2 aromatic rings. The molecule has 2 aliphatic heterocycles. The lowest BCUT2D eigenvalue weighted by Crippen LogP contribution is -2.43. The number of nitrogens with zero attached hydrogens (tertiary/aromatic N) is 3. The molecule has 0 aliphatic carbocycles. The van der Waals surface area contributed by atoms with E-state index in [9.17, 15) is 0 Å². The van der Waals surface area contributed by atoms with E-state index in [4.69, 9.17) is 4.74 Å². The standard InChI is InChI=1S/C11H11N3O/c1-2-8-10(12-3-1)14-5-11(6-15-7-11)4-9(14)13-8/h1-3H,4-7H2. The Hall–Kier alpha value is -1.42. The largest absolute Gasteiger partial charge is 0.380 e. The van der Waals surface area contributed by atoms with E-state index in [0.717, 1.165) is 37.3 Å². The number of pyridine rings is 1. The van der Waals surface area contributed by atoms with E-state index in [1.54, 1.807) is 0 Å². The number of hydrogen-bond acceptors (Lipinski definition) is 3. The highest BCUT2D eigenvalue weighted by atomic mass is 16.5. The molecule has 0 radical (unpaired) electrons. The van der Waals surface area contributed by atoms with Crippen LogP contribution in [-0.2, 0) is 17.7 Å². The first-order chi connectivity index (χ1) is 7.36. The average molecular weight is 201 g/mol. The van der Waals surface area contributed by atoms with Crippen LogP contribution >= 0.6 is 0 Å². The summed E-state index contributed by atoms with van der Waals surface area (Å²) in [5, 5.41) is 0. The van der Waals surface area contributed by atoms with Crippen molar-refractivity contribution in [3.8, 4) is 0 Å². The summed E-state index contributed by atoms with van der Waals surface area (Å²) >= 11 is 0. The van der Waals surface area contributed by atoms with Crippen LogP contribution in [0.4, 0.5) is 0 Å². The summed E-state index contributed by atoms with van der Waals surface area (Å²) in [6.45, 7) is 2.78. The molecule has 4 heteroatoms. The van der Waals surface area contributed by atoms with Crippen molar-refractivity contribution in [2.75, 3.05) is 13.2 Å². The van der Waals surface area contributed by atoms with Crippen LogP contribution in [-0.4, -0.2) is 27.7 Å². The smallest absolute Gasteiger partial charge is 0.160 e. The molecule has 0 amide bonds. The quantitative estimate of drug-likeness (QED) is 0.638. The molecule has 1 spiro atoms. The Labute approximate surface area is 86.9 Å². The van der Waals surface area contributed by atoms with E-state index < -0.39 is 0 Å². The molecule has 0 atom stereocenters. The van der Waals surface area contributed by atoms with Crippen LogP contribution in [0, 0.1) is 5.41 Å². The Kier molecular flexibility index (Phi) is 1.24. The van der Waals surface area contributed by atoms with Gasteiger partial charge in [0.2, 0.25) is 0 Å². The Bertz CT molecular complexity index is 542. The summed E-state index contributed by atoms with van der Waals surface area (Å²) in [4.78, 5) is 9.01. The number of rotatable bonds is 0. The zero-order valence-corrected chi connectivity index (χ0v) is 8.31. The predicted octanol–water partition coefficient (Wildman–Crippen LogP) is 1.00. The minimum Gasteiger partial charge on any atom is -0.380 e. The Morgan fingerprint density at radius 1 is 1.40 bits per heavy atom. The molecule has 76 valence electrons. The third-order valence-electron chi connectivity index (χ3n) is 3.43. The van der Waals surface area contributed by atoms with Crippen molar-refractivity contribution < 1.29 is 4.74 Å². The lowest BCUT2D eigenvalue weighted by molar-refractivity contribution is -0.111. The summed E-state index contributed by atoms with van der Waals surface area (Å²) in [5.41, 5.74) is 2.38. The van der Waals surface area contributed by atoms with Gasteiger partial charge in [-0.1, -0.05) is 0 Å². The molecule has 15 heavy (non-hydrogen) atoms. The van der Waals surface area contributed by atoms with Crippen LogP contribution in [0.15, 0.2) is 18.3 Å². The first-order valence-corrected chi connectivity index (χ1v) is 5.24. The molecule has 1 fully saturated rings. The van der Waals surface area contributed by atoms with Crippen LogP contribution in [0.25, 0.3) is 11.2 Å². The molecule has 1 saturated heterocycles. The van der Waals surface area contributed by atoms with Gasteiger partial charge in [-0.05, 0) is 12.1 Å². The third-order valence-corrected chi connectivity index (χ3v) is 3.43. The number of imidazole rings is 1.